The van der Waals surface area contributed by atoms with E-state index in [4.69, 9.17) is 4.52 Å². The van der Waals surface area contributed by atoms with E-state index in [0.717, 1.165) is 30.5 Å². The molecule has 0 radical (unpaired) electrons. The molecule has 140 valence electrons. The predicted molar refractivity (Wildman–Crippen MR) is 103 cm³/mol. The summed E-state index contributed by atoms with van der Waals surface area (Å²) in [6, 6.07) is 10.6. The third-order valence-electron chi connectivity index (χ3n) is 6.05. The molecule has 3 heterocycles. The molecule has 0 spiro atoms. The van der Waals surface area contributed by atoms with Crippen LogP contribution in [0.25, 0.3) is 11.5 Å². The zero-order valence-corrected chi connectivity index (χ0v) is 15.8. The number of hydrogen-bond donors (Lipinski definition) is 0. The van der Waals surface area contributed by atoms with E-state index in [9.17, 15) is 0 Å². The highest BCUT2D eigenvalue weighted by molar-refractivity contribution is 5.54. The minimum atomic E-state index is 0.605. The van der Waals surface area contributed by atoms with Crippen LogP contribution in [0.2, 0.25) is 0 Å². The van der Waals surface area contributed by atoms with E-state index in [1.54, 1.807) is 0 Å². The molecular formula is C20H29N5O. The lowest BCUT2D eigenvalue weighted by Crippen LogP contribution is -2.51. The van der Waals surface area contributed by atoms with E-state index in [1.807, 2.05) is 30.3 Å². The second-order valence-corrected chi connectivity index (χ2v) is 7.67. The van der Waals surface area contributed by atoms with E-state index in [-0.39, 0.29) is 0 Å². The first-order chi connectivity index (χ1) is 12.7. The van der Waals surface area contributed by atoms with Gasteiger partial charge in [-0.15, -0.1) is 0 Å². The van der Waals surface area contributed by atoms with Crippen molar-refractivity contribution in [2.24, 2.45) is 5.92 Å². The lowest BCUT2D eigenvalue weighted by atomic mass is 9.89. The van der Waals surface area contributed by atoms with E-state index in [2.05, 4.69) is 38.8 Å². The van der Waals surface area contributed by atoms with Crippen LogP contribution < -0.4 is 4.90 Å². The fraction of sp³-hybridized carbons (Fsp3) is 0.600. The second kappa shape index (κ2) is 7.76. The molecule has 0 amide bonds. The Hall–Kier alpha value is -1.92. The summed E-state index contributed by atoms with van der Waals surface area (Å²) in [5.41, 5.74) is 0.977. The molecule has 6 heteroatoms. The van der Waals surface area contributed by atoms with Gasteiger partial charge in [-0.05, 0) is 50.0 Å². The summed E-state index contributed by atoms with van der Waals surface area (Å²) in [6.07, 6.45) is 2.39. The fourth-order valence-corrected chi connectivity index (χ4v) is 4.15. The molecule has 0 bridgehead atoms. The molecule has 26 heavy (non-hydrogen) atoms. The second-order valence-electron chi connectivity index (χ2n) is 7.67. The molecule has 1 unspecified atom stereocenters. The molecule has 0 saturated carbocycles. The summed E-state index contributed by atoms with van der Waals surface area (Å²) >= 11 is 0. The van der Waals surface area contributed by atoms with Crippen molar-refractivity contribution in [3.8, 4) is 11.5 Å². The molecule has 0 N–H and O–H groups in total. The first-order valence-electron chi connectivity index (χ1n) is 9.77. The van der Waals surface area contributed by atoms with Gasteiger partial charge in [-0.25, -0.2) is 0 Å². The van der Waals surface area contributed by atoms with Gasteiger partial charge in [0, 0.05) is 50.9 Å². The van der Waals surface area contributed by atoms with Gasteiger partial charge in [-0.2, -0.15) is 4.98 Å². The zero-order valence-electron chi connectivity index (χ0n) is 15.8. The molecule has 2 aliphatic rings. The predicted octanol–water partition coefficient (Wildman–Crippen LogP) is 2.59. The highest BCUT2D eigenvalue weighted by atomic mass is 16.5. The molecular weight excluding hydrogens is 326 g/mol. The lowest BCUT2D eigenvalue weighted by molar-refractivity contribution is 0.0812. The molecule has 6 nitrogen and oxygen atoms in total. The Bertz CT molecular complexity index is 687. The van der Waals surface area contributed by atoms with E-state index < -0.39 is 0 Å². The topological polar surface area (TPSA) is 48.6 Å². The Morgan fingerprint density at radius 2 is 1.69 bits per heavy atom. The SMILES string of the molecule is CC(C1CCN(c2noc(-c3ccccc3)n2)CC1)N1CCN(C)CC1. The number of piperazine rings is 1. The number of likely N-dealkylation sites (N-methyl/N-ethyl adjacent to an activating group) is 1. The first-order valence-corrected chi connectivity index (χ1v) is 9.77. The van der Waals surface area contributed by atoms with Gasteiger partial charge in [0.2, 0.25) is 0 Å². The smallest absolute Gasteiger partial charge is 0.266 e. The fourth-order valence-electron chi connectivity index (χ4n) is 4.15. The van der Waals surface area contributed by atoms with Crippen LogP contribution in [0.5, 0.6) is 0 Å². The molecule has 1 atom stereocenters. The molecule has 2 saturated heterocycles. The molecule has 2 aliphatic heterocycles. The average molecular weight is 355 g/mol. The third-order valence-corrected chi connectivity index (χ3v) is 6.05. The van der Waals surface area contributed by atoms with Gasteiger partial charge in [0.1, 0.15) is 0 Å². The Morgan fingerprint density at radius 3 is 2.38 bits per heavy atom. The number of hydrogen-bond acceptors (Lipinski definition) is 6. The van der Waals surface area contributed by atoms with Gasteiger partial charge in [0.25, 0.3) is 11.8 Å². The number of aromatic nitrogens is 2. The molecule has 2 fully saturated rings. The van der Waals surface area contributed by atoms with Crippen molar-refractivity contribution >= 4 is 5.95 Å². The minimum Gasteiger partial charge on any atom is -0.338 e. The number of benzene rings is 1. The molecule has 4 rings (SSSR count). The quantitative estimate of drug-likeness (QED) is 0.840. The lowest BCUT2D eigenvalue weighted by Gasteiger charge is -2.42. The summed E-state index contributed by atoms with van der Waals surface area (Å²) < 4.78 is 5.47. The summed E-state index contributed by atoms with van der Waals surface area (Å²) in [4.78, 5) is 12.0. The van der Waals surface area contributed by atoms with Crippen LogP contribution >= 0.6 is 0 Å². The molecule has 1 aromatic carbocycles. The van der Waals surface area contributed by atoms with Crippen LogP contribution in [0, 0.1) is 5.92 Å². The molecule has 0 aliphatic carbocycles. The highest BCUT2D eigenvalue weighted by Crippen LogP contribution is 2.28. The van der Waals surface area contributed by atoms with Gasteiger partial charge in [0.15, 0.2) is 0 Å². The largest absolute Gasteiger partial charge is 0.338 e. The zero-order chi connectivity index (χ0) is 17.9. The highest BCUT2D eigenvalue weighted by Gasteiger charge is 2.30. The number of nitrogens with zero attached hydrogens (tertiary/aromatic N) is 5. The summed E-state index contributed by atoms with van der Waals surface area (Å²) in [7, 11) is 2.22. The average Bonchev–Trinajstić information content (AvgIpc) is 3.19. The van der Waals surface area contributed by atoms with Gasteiger partial charge >= 0.3 is 0 Å². The Kier molecular flexibility index (Phi) is 5.22. The van der Waals surface area contributed by atoms with Crippen LogP contribution in [-0.4, -0.2) is 72.3 Å². The van der Waals surface area contributed by atoms with E-state index in [0.29, 0.717) is 11.9 Å². The van der Waals surface area contributed by atoms with Crippen LogP contribution in [-0.2, 0) is 0 Å². The van der Waals surface area contributed by atoms with Crippen LogP contribution in [0.1, 0.15) is 19.8 Å². The maximum absolute atomic E-state index is 5.47. The normalized spacial score (nSPS) is 21.8. The van der Waals surface area contributed by atoms with Crippen molar-refractivity contribution in [3.05, 3.63) is 30.3 Å². The Morgan fingerprint density at radius 1 is 1.00 bits per heavy atom. The van der Waals surface area contributed by atoms with Gasteiger partial charge in [0.05, 0.1) is 0 Å². The van der Waals surface area contributed by atoms with Gasteiger partial charge in [-0.1, -0.05) is 18.2 Å². The minimum absolute atomic E-state index is 0.605. The number of anilines is 1. The van der Waals surface area contributed by atoms with Crippen LogP contribution in [0.4, 0.5) is 5.95 Å². The van der Waals surface area contributed by atoms with Crippen molar-refractivity contribution in [2.45, 2.75) is 25.8 Å². The monoisotopic (exact) mass is 355 g/mol. The Labute approximate surface area is 155 Å². The Balaban J connectivity index is 1.33. The van der Waals surface area contributed by atoms with Crippen LogP contribution in [0.15, 0.2) is 34.9 Å². The van der Waals surface area contributed by atoms with Crippen molar-refractivity contribution in [3.63, 3.8) is 0 Å². The summed E-state index contributed by atoms with van der Waals surface area (Å²) in [6.45, 7) is 9.20. The van der Waals surface area contributed by atoms with Crippen molar-refractivity contribution in [2.75, 3.05) is 51.2 Å². The molecule has 2 aromatic rings. The first kappa shape index (κ1) is 17.5. The molecule has 1 aromatic heterocycles. The van der Waals surface area contributed by atoms with E-state index in [1.165, 1.54) is 39.0 Å². The van der Waals surface area contributed by atoms with Crippen molar-refractivity contribution < 1.29 is 4.52 Å². The van der Waals surface area contributed by atoms with Crippen LogP contribution in [0.3, 0.4) is 0 Å². The number of rotatable bonds is 4. The van der Waals surface area contributed by atoms with Crippen molar-refractivity contribution in [1.29, 1.82) is 0 Å². The van der Waals surface area contributed by atoms with Crippen molar-refractivity contribution in [1.82, 2.24) is 19.9 Å². The maximum Gasteiger partial charge on any atom is 0.266 e. The summed E-state index contributed by atoms with van der Waals surface area (Å²) in [5.74, 6) is 2.10. The van der Waals surface area contributed by atoms with E-state index >= 15 is 0 Å². The maximum atomic E-state index is 5.47. The standard InChI is InChI=1S/C20H29N5O/c1-16(24-14-12-23(2)13-15-24)17-8-10-25(11-9-17)20-21-19(26-22-20)18-6-4-3-5-7-18/h3-7,16-17H,8-15H2,1-2H3. The summed E-state index contributed by atoms with van der Waals surface area (Å²) in [5, 5.41) is 4.21. The third kappa shape index (κ3) is 3.76. The van der Waals surface area contributed by atoms with Gasteiger partial charge in [-0.3, -0.25) is 4.90 Å². The van der Waals surface area contributed by atoms with Gasteiger partial charge < -0.3 is 14.3 Å². The number of piperidine rings is 1.